The highest BCUT2D eigenvalue weighted by Gasteiger charge is 2.11. The molecule has 0 atom stereocenters. The third-order valence-corrected chi connectivity index (χ3v) is 2.61. The zero-order valence-electron chi connectivity index (χ0n) is 11.8. The highest BCUT2D eigenvalue weighted by molar-refractivity contribution is 5.94. The molecule has 0 saturated heterocycles. The second-order valence-electron chi connectivity index (χ2n) is 4.36. The van der Waals surface area contributed by atoms with Crippen molar-refractivity contribution < 1.29 is 18.4 Å². The van der Waals surface area contributed by atoms with Gasteiger partial charge in [0.2, 0.25) is 5.91 Å². The quantitative estimate of drug-likeness (QED) is 0.598. The number of rotatable bonds is 7. The fraction of sp³-hybridized carbons (Fsp3) is 0.333. The molecular weight excluding hydrogens is 278 g/mol. The van der Waals surface area contributed by atoms with Gasteiger partial charge in [-0.25, -0.2) is 8.78 Å². The van der Waals surface area contributed by atoms with Crippen molar-refractivity contribution >= 4 is 11.8 Å². The van der Waals surface area contributed by atoms with Crippen molar-refractivity contribution in [2.45, 2.75) is 19.8 Å². The van der Waals surface area contributed by atoms with Crippen molar-refractivity contribution in [2.75, 3.05) is 13.1 Å². The summed E-state index contributed by atoms with van der Waals surface area (Å²) in [6, 6.07) is 2.74. The van der Waals surface area contributed by atoms with E-state index in [4.69, 9.17) is 0 Å². The third kappa shape index (κ3) is 6.16. The maximum atomic E-state index is 13.3. The van der Waals surface area contributed by atoms with Gasteiger partial charge in [-0.3, -0.25) is 9.59 Å². The molecule has 1 rings (SSSR count). The van der Waals surface area contributed by atoms with Crippen LogP contribution in [0.25, 0.3) is 0 Å². The van der Waals surface area contributed by atoms with Crippen LogP contribution < -0.4 is 10.6 Å². The molecule has 1 aromatic rings. The Balaban J connectivity index is 2.32. The van der Waals surface area contributed by atoms with Crippen LogP contribution in [0.5, 0.6) is 0 Å². The minimum Gasteiger partial charge on any atom is -0.351 e. The van der Waals surface area contributed by atoms with Crippen LogP contribution in [0.3, 0.4) is 0 Å². The summed E-state index contributed by atoms with van der Waals surface area (Å²) in [4.78, 5) is 22.9. The van der Waals surface area contributed by atoms with E-state index in [2.05, 4.69) is 10.6 Å². The monoisotopic (exact) mass is 296 g/mol. The minimum atomic E-state index is -0.918. The van der Waals surface area contributed by atoms with Gasteiger partial charge < -0.3 is 10.6 Å². The smallest absolute Gasteiger partial charge is 0.254 e. The molecule has 0 unspecified atom stereocenters. The molecule has 0 aromatic heterocycles. The number of halogens is 2. The molecule has 4 nitrogen and oxygen atoms in total. The Morgan fingerprint density at radius 1 is 1.19 bits per heavy atom. The molecule has 0 aliphatic rings. The van der Waals surface area contributed by atoms with E-state index in [1.54, 1.807) is 6.08 Å². The van der Waals surface area contributed by atoms with Crippen LogP contribution in [0.15, 0.2) is 30.4 Å². The average Bonchev–Trinajstić information content (AvgIpc) is 2.43. The molecule has 2 amide bonds. The average molecular weight is 296 g/mol. The third-order valence-electron chi connectivity index (χ3n) is 2.61. The van der Waals surface area contributed by atoms with Gasteiger partial charge in [-0.2, -0.15) is 0 Å². The number of hydrogen-bond donors (Lipinski definition) is 2. The number of carbonyl (C=O) groups excluding carboxylic acids is 2. The molecular formula is C15H18F2N2O2. The molecule has 2 N–H and O–H groups in total. The van der Waals surface area contributed by atoms with Crippen molar-refractivity contribution in [1.29, 1.82) is 0 Å². The first-order valence-corrected chi connectivity index (χ1v) is 6.72. The van der Waals surface area contributed by atoms with Crippen LogP contribution in [0.4, 0.5) is 8.78 Å². The number of benzene rings is 1. The minimum absolute atomic E-state index is 0.156. The zero-order valence-corrected chi connectivity index (χ0v) is 11.8. The van der Waals surface area contributed by atoms with E-state index in [-0.39, 0.29) is 24.6 Å². The Hall–Kier alpha value is -2.24. The summed E-state index contributed by atoms with van der Waals surface area (Å²) in [6.45, 7) is 2.39. The standard InChI is InChI=1S/C15H18F2N2O2/c1-2-3-4-5-14(20)18-8-9-19-15(21)12-7-6-11(16)10-13(12)17/h4-7,10H,2-3,8-9H2,1H3,(H,18,20)(H,19,21)/b5-4-. The van der Waals surface area contributed by atoms with Crippen molar-refractivity contribution in [2.24, 2.45) is 0 Å². The summed E-state index contributed by atoms with van der Waals surface area (Å²) in [6.07, 6.45) is 4.99. The van der Waals surface area contributed by atoms with Gasteiger partial charge in [-0.15, -0.1) is 0 Å². The zero-order chi connectivity index (χ0) is 15.7. The van der Waals surface area contributed by atoms with Crippen LogP contribution in [-0.4, -0.2) is 24.9 Å². The molecule has 0 aliphatic heterocycles. The number of carbonyl (C=O) groups is 2. The molecule has 0 aliphatic carbocycles. The van der Waals surface area contributed by atoms with Crippen LogP contribution in [-0.2, 0) is 4.79 Å². The van der Waals surface area contributed by atoms with Crippen molar-refractivity contribution in [3.8, 4) is 0 Å². The Kier molecular flexibility index (Phi) is 7.08. The Bertz CT molecular complexity index is 530. The van der Waals surface area contributed by atoms with Crippen LogP contribution in [0, 0.1) is 11.6 Å². The lowest BCUT2D eigenvalue weighted by Gasteiger charge is -2.06. The van der Waals surface area contributed by atoms with Crippen LogP contribution >= 0.6 is 0 Å². The molecule has 0 spiro atoms. The second kappa shape index (κ2) is 8.84. The number of amides is 2. The Labute approximate surface area is 122 Å². The Morgan fingerprint density at radius 3 is 2.57 bits per heavy atom. The van der Waals surface area contributed by atoms with Gasteiger partial charge in [0.15, 0.2) is 0 Å². The number of allylic oxidation sites excluding steroid dienone is 1. The first kappa shape index (κ1) is 16.8. The van der Waals surface area contributed by atoms with Gasteiger partial charge in [0.25, 0.3) is 5.91 Å². The largest absolute Gasteiger partial charge is 0.351 e. The van der Waals surface area contributed by atoms with E-state index in [1.807, 2.05) is 6.92 Å². The topological polar surface area (TPSA) is 58.2 Å². The van der Waals surface area contributed by atoms with Gasteiger partial charge in [0, 0.05) is 19.2 Å². The van der Waals surface area contributed by atoms with Crippen molar-refractivity contribution in [1.82, 2.24) is 10.6 Å². The summed E-state index contributed by atoms with van der Waals surface area (Å²) >= 11 is 0. The van der Waals surface area contributed by atoms with Gasteiger partial charge >= 0.3 is 0 Å². The lowest BCUT2D eigenvalue weighted by Crippen LogP contribution is -2.34. The molecule has 0 saturated carbocycles. The van der Waals surface area contributed by atoms with E-state index in [9.17, 15) is 18.4 Å². The fourth-order valence-corrected chi connectivity index (χ4v) is 1.55. The van der Waals surface area contributed by atoms with Gasteiger partial charge in [0.1, 0.15) is 11.6 Å². The number of hydrogen-bond acceptors (Lipinski definition) is 2. The van der Waals surface area contributed by atoms with E-state index in [0.717, 1.165) is 25.0 Å². The lowest BCUT2D eigenvalue weighted by molar-refractivity contribution is -0.116. The van der Waals surface area contributed by atoms with Crippen LogP contribution in [0.2, 0.25) is 0 Å². The summed E-state index contributed by atoms with van der Waals surface area (Å²) in [5, 5.41) is 5.02. The first-order chi connectivity index (χ1) is 10.0. The van der Waals surface area contributed by atoms with E-state index in [0.29, 0.717) is 6.07 Å². The maximum absolute atomic E-state index is 13.3. The lowest BCUT2D eigenvalue weighted by atomic mass is 10.2. The van der Waals surface area contributed by atoms with E-state index < -0.39 is 17.5 Å². The van der Waals surface area contributed by atoms with Crippen LogP contribution in [0.1, 0.15) is 30.1 Å². The summed E-state index contributed by atoms with van der Waals surface area (Å²) in [5.74, 6) is -2.55. The van der Waals surface area contributed by atoms with E-state index >= 15 is 0 Å². The van der Waals surface area contributed by atoms with E-state index in [1.165, 1.54) is 6.08 Å². The summed E-state index contributed by atoms with van der Waals surface area (Å²) in [5.41, 5.74) is -0.231. The molecule has 1 aromatic carbocycles. The van der Waals surface area contributed by atoms with Gasteiger partial charge in [0.05, 0.1) is 5.56 Å². The molecule has 21 heavy (non-hydrogen) atoms. The molecule has 0 radical (unpaired) electrons. The molecule has 6 heteroatoms. The maximum Gasteiger partial charge on any atom is 0.254 e. The highest BCUT2D eigenvalue weighted by Crippen LogP contribution is 2.08. The fourth-order valence-electron chi connectivity index (χ4n) is 1.55. The molecule has 0 heterocycles. The summed E-state index contributed by atoms with van der Waals surface area (Å²) in [7, 11) is 0. The van der Waals surface area contributed by atoms with Gasteiger partial charge in [-0.05, 0) is 24.6 Å². The molecule has 0 bridgehead atoms. The molecule has 114 valence electrons. The van der Waals surface area contributed by atoms with Crippen molar-refractivity contribution in [3.63, 3.8) is 0 Å². The SMILES string of the molecule is CCC/C=C\C(=O)NCCNC(=O)c1ccc(F)cc1F. The van der Waals surface area contributed by atoms with Gasteiger partial charge in [-0.1, -0.05) is 19.4 Å². The van der Waals surface area contributed by atoms with Crippen molar-refractivity contribution in [3.05, 3.63) is 47.5 Å². The predicted molar refractivity (Wildman–Crippen MR) is 75.7 cm³/mol. The first-order valence-electron chi connectivity index (χ1n) is 6.72. The molecule has 0 fully saturated rings. The predicted octanol–water partition coefficient (Wildman–Crippen LogP) is 2.17. The highest BCUT2D eigenvalue weighted by atomic mass is 19.1. The summed E-state index contributed by atoms with van der Waals surface area (Å²) < 4.78 is 26.0. The second-order valence-corrected chi connectivity index (χ2v) is 4.36. The number of unbranched alkanes of at least 4 members (excludes halogenated alkanes) is 1. The normalized spacial score (nSPS) is 10.6. The number of nitrogens with one attached hydrogen (secondary N) is 2. The Morgan fingerprint density at radius 2 is 1.90 bits per heavy atom.